The van der Waals surface area contributed by atoms with Crippen LogP contribution in [0.5, 0.6) is 0 Å². The Kier molecular flexibility index (Phi) is 3.16. The van der Waals surface area contributed by atoms with E-state index in [2.05, 4.69) is 0 Å². The van der Waals surface area contributed by atoms with E-state index in [9.17, 15) is 4.48 Å². The van der Waals surface area contributed by atoms with Crippen LogP contribution >= 0.6 is 12.2 Å². The number of thiocarbonyl (C=S) groups is 1. The molecule has 70 valence electrons. The lowest BCUT2D eigenvalue weighted by molar-refractivity contribution is 0.125. The maximum absolute atomic E-state index is 12.5. The average molecular weight is 199 g/mol. The normalized spacial score (nSPS) is 9.46. The minimum atomic E-state index is -0.0810. The molecule has 0 unspecified atom stereocenters. The molecule has 0 saturated heterocycles. The predicted molar refractivity (Wildman–Crippen MR) is 54.6 cm³/mol. The van der Waals surface area contributed by atoms with Crippen molar-refractivity contribution < 1.29 is 4.48 Å². The fourth-order valence-corrected chi connectivity index (χ4v) is 1.01. The number of hydrazine groups is 1. The van der Waals surface area contributed by atoms with Gasteiger partial charge in [-0.15, -0.1) is 5.23 Å². The van der Waals surface area contributed by atoms with Crippen molar-refractivity contribution in [1.29, 1.82) is 0 Å². The molecule has 0 heterocycles. The molecule has 3 nitrogen and oxygen atoms in total. The van der Waals surface area contributed by atoms with Gasteiger partial charge in [0.1, 0.15) is 0 Å². The minimum Gasteiger partial charge on any atom is -0.319 e. The number of para-hydroxylation sites is 1. The van der Waals surface area contributed by atoms with Crippen molar-refractivity contribution >= 4 is 23.0 Å². The summed E-state index contributed by atoms with van der Waals surface area (Å²) < 4.78 is 12.5. The highest BCUT2D eigenvalue weighted by molar-refractivity contribution is 7.80. The molecule has 2 N–H and O–H groups in total. The van der Waals surface area contributed by atoms with E-state index in [0.29, 0.717) is 0 Å². The highest BCUT2D eigenvalue weighted by Crippen LogP contribution is 2.12. The van der Waals surface area contributed by atoms with Crippen molar-refractivity contribution in [1.82, 2.24) is 5.23 Å². The molecular formula is C8H10FN3S. The van der Waals surface area contributed by atoms with Gasteiger partial charge in [0, 0.05) is 12.7 Å². The van der Waals surface area contributed by atoms with E-state index in [1.165, 1.54) is 4.90 Å². The molecule has 0 bridgehead atoms. The summed E-state index contributed by atoms with van der Waals surface area (Å²) in [4.78, 5) is 1.48. The quantitative estimate of drug-likeness (QED) is 0.321. The molecule has 0 aliphatic carbocycles. The first-order chi connectivity index (χ1) is 6.13. The van der Waals surface area contributed by atoms with Crippen LogP contribution < -0.4 is 10.7 Å². The van der Waals surface area contributed by atoms with Crippen LogP contribution in [0.15, 0.2) is 30.3 Å². The first kappa shape index (κ1) is 9.88. The van der Waals surface area contributed by atoms with Gasteiger partial charge in [-0.05, 0) is 24.4 Å². The van der Waals surface area contributed by atoms with Crippen molar-refractivity contribution in [2.75, 3.05) is 11.9 Å². The van der Waals surface area contributed by atoms with Crippen LogP contribution in [0.3, 0.4) is 0 Å². The Labute approximate surface area is 81.5 Å². The second kappa shape index (κ2) is 4.15. The lowest BCUT2D eigenvalue weighted by atomic mass is 10.3. The first-order valence-electron chi connectivity index (χ1n) is 3.66. The zero-order valence-electron chi connectivity index (χ0n) is 7.14. The number of hydrogen-bond acceptors (Lipinski definition) is 2. The molecule has 0 aliphatic rings. The Morgan fingerprint density at radius 1 is 1.38 bits per heavy atom. The van der Waals surface area contributed by atoms with Gasteiger partial charge < -0.3 is 4.90 Å². The molecule has 1 rings (SSSR count). The molecule has 1 aromatic carbocycles. The molecule has 0 fully saturated rings. The van der Waals surface area contributed by atoms with Crippen molar-refractivity contribution in [3.63, 3.8) is 0 Å². The van der Waals surface area contributed by atoms with Gasteiger partial charge >= 0.3 is 0 Å². The molecule has 5 heteroatoms. The Morgan fingerprint density at radius 3 is 2.38 bits per heavy atom. The standard InChI is InChI=1S/C8H10FN3S/c1-11(8(13)12(9)10)7-5-3-2-4-6-7/h2-6H,10H2,1H3. The van der Waals surface area contributed by atoms with Gasteiger partial charge in [-0.25, -0.2) is 5.84 Å². The Hall–Kier alpha value is -1.20. The molecule has 1 aromatic rings. The summed E-state index contributed by atoms with van der Waals surface area (Å²) in [5, 5.41) is -0.159. The predicted octanol–water partition coefficient (Wildman–Crippen LogP) is 1.47. The molecule has 0 radical (unpaired) electrons. The molecule has 0 aromatic heterocycles. The van der Waals surface area contributed by atoms with E-state index in [1.807, 2.05) is 30.3 Å². The van der Waals surface area contributed by atoms with Gasteiger partial charge in [0.2, 0.25) is 5.11 Å². The summed E-state index contributed by atoms with van der Waals surface area (Å²) in [7, 11) is 1.65. The lowest BCUT2D eigenvalue weighted by Gasteiger charge is -2.21. The van der Waals surface area contributed by atoms with Gasteiger partial charge in [0.15, 0.2) is 0 Å². The number of anilines is 1. The van der Waals surface area contributed by atoms with Crippen LogP contribution in [0.1, 0.15) is 0 Å². The van der Waals surface area contributed by atoms with Gasteiger partial charge in [0.05, 0.1) is 0 Å². The largest absolute Gasteiger partial charge is 0.319 e. The zero-order valence-corrected chi connectivity index (χ0v) is 7.96. The van der Waals surface area contributed by atoms with Crippen molar-refractivity contribution in [3.05, 3.63) is 30.3 Å². The first-order valence-corrected chi connectivity index (χ1v) is 4.07. The monoisotopic (exact) mass is 199 g/mol. The van der Waals surface area contributed by atoms with Crippen LogP contribution in [0.25, 0.3) is 0 Å². The Bertz CT molecular complexity index is 289. The van der Waals surface area contributed by atoms with Crippen LogP contribution in [-0.2, 0) is 0 Å². The van der Waals surface area contributed by atoms with Crippen LogP contribution in [-0.4, -0.2) is 17.4 Å². The summed E-state index contributed by atoms with van der Waals surface area (Å²) in [5.74, 6) is 4.86. The van der Waals surface area contributed by atoms with E-state index in [0.717, 1.165) is 5.69 Å². The fraction of sp³-hybridized carbons (Fsp3) is 0.125. The highest BCUT2D eigenvalue weighted by Gasteiger charge is 2.10. The SMILES string of the molecule is CN(C(=S)N(N)F)c1ccccc1. The summed E-state index contributed by atoms with van der Waals surface area (Å²) in [6, 6.07) is 9.18. The summed E-state index contributed by atoms with van der Waals surface area (Å²) >= 11 is 4.73. The molecule has 13 heavy (non-hydrogen) atoms. The fourth-order valence-electron chi connectivity index (χ4n) is 0.905. The van der Waals surface area contributed by atoms with Crippen LogP contribution in [0.4, 0.5) is 10.2 Å². The molecular weight excluding hydrogens is 189 g/mol. The maximum atomic E-state index is 12.5. The van der Waals surface area contributed by atoms with Gasteiger partial charge in [0.25, 0.3) is 0 Å². The third-order valence-electron chi connectivity index (χ3n) is 1.61. The summed E-state index contributed by atoms with van der Waals surface area (Å²) in [6.45, 7) is 0. The number of halogens is 1. The third-order valence-corrected chi connectivity index (χ3v) is 2.06. The van der Waals surface area contributed by atoms with E-state index in [4.69, 9.17) is 18.1 Å². The number of rotatable bonds is 1. The van der Waals surface area contributed by atoms with Crippen LogP contribution in [0.2, 0.25) is 0 Å². The van der Waals surface area contributed by atoms with E-state index in [-0.39, 0.29) is 10.3 Å². The van der Waals surface area contributed by atoms with Crippen molar-refractivity contribution in [2.45, 2.75) is 0 Å². The second-order valence-corrected chi connectivity index (χ2v) is 2.85. The Morgan fingerprint density at radius 2 is 1.92 bits per heavy atom. The zero-order chi connectivity index (χ0) is 9.84. The topological polar surface area (TPSA) is 32.5 Å². The third kappa shape index (κ3) is 2.37. The average Bonchev–Trinajstić information content (AvgIpc) is 2.17. The molecule has 0 amide bonds. The van der Waals surface area contributed by atoms with Crippen molar-refractivity contribution in [2.24, 2.45) is 5.84 Å². The Balaban J connectivity index is 2.80. The summed E-state index contributed by atoms with van der Waals surface area (Å²) in [5.41, 5.74) is 0.792. The number of hydrogen-bond donors (Lipinski definition) is 1. The second-order valence-electron chi connectivity index (χ2n) is 2.49. The molecule has 0 spiro atoms. The molecule has 0 aliphatic heterocycles. The lowest BCUT2D eigenvalue weighted by Crippen LogP contribution is -2.40. The molecule has 0 saturated carbocycles. The number of benzene rings is 1. The molecule has 0 atom stereocenters. The maximum Gasteiger partial charge on any atom is 0.222 e. The summed E-state index contributed by atoms with van der Waals surface area (Å²) in [6.07, 6.45) is 0. The van der Waals surface area contributed by atoms with Gasteiger partial charge in [-0.2, -0.15) is 0 Å². The van der Waals surface area contributed by atoms with Gasteiger partial charge in [-0.3, -0.25) is 0 Å². The highest BCUT2D eigenvalue weighted by atomic mass is 32.1. The van der Waals surface area contributed by atoms with Crippen LogP contribution in [0, 0.1) is 0 Å². The van der Waals surface area contributed by atoms with E-state index >= 15 is 0 Å². The van der Waals surface area contributed by atoms with E-state index in [1.54, 1.807) is 7.05 Å². The number of nitrogens with two attached hydrogens (primary N) is 1. The minimum absolute atomic E-state index is 0.0776. The van der Waals surface area contributed by atoms with Gasteiger partial charge in [-0.1, -0.05) is 22.7 Å². The van der Waals surface area contributed by atoms with E-state index < -0.39 is 0 Å². The number of nitrogens with zero attached hydrogens (tertiary/aromatic N) is 2. The van der Waals surface area contributed by atoms with Crippen molar-refractivity contribution in [3.8, 4) is 0 Å². The smallest absolute Gasteiger partial charge is 0.222 e.